The normalized spacial score (nSPS) is 12.4. The summed E-state index contributed by atoms with van der Waals surface area (Å²) < 4.78 is 7.76. The molecular formula is C21H23Cl2N3OS. The van der Waals surface area contributed by atoms with Gasteiger partial charge in [0.1, 0.15) is 23.7 Å². The molecule has 28 heavy (non-hydrogen) atoms. The van der Waals surface area contributed by atoms with Gasteiger partial charge in [0.25, 0.3) is 0 Å². The number of nitrogens with zero attached hydrogens (tertiary/aromatic N) is 3. The van der Waals surface area contributed by atoms with Crippen LogP contribution >= 0.6 is 35.8 Å². The number of rotatable bonds is 6. The molecule has 0 spiro atoms. The summed E-state index contributed by atoms with van der Waals surface area (Å²) in [4.78, 5) is 0. The average Bonchev–Trinajstić information content (AvgIpc) is 3.03. The van der Waals surface area contributed by atoms with E-state index in [1.807, 2.05) is 18.2 Å². The summed E-state index contributed by atoms with van der Waals surface area (Å²) >= 11 is 17.3. The van der Waals surface area contributed by atoms with Crippen molar-refractivity contribution in [3.05, 3.63) is 69.0 Å². The molecule has 1 aromatic heterocycles. The van der Waals surface area contributed by atoms with E-state index in [0.29, 0.717) is 22.3 Å². The van der Waals surface area contributed by atoms with Crippen LogP contribution in [-0.2, 0) is 6.61 Å². The lowest BCUT2D eigenvalue weighted by atomic mass is 10.1. The van der Waals surface area contributed by atoms with Crippen molar-refractivity contribution >= 4 is 35.8 Å². The molecule has 2 aromatic carbocycles. The van der Waals surface area contributed by atoms with Gasteiger partial charge in [-0.15, -0.1) is 5.10 Å². The van der Waals surface area contributed by atoms with E-state index in [9.17, 15) is 0 Å². The molecule has 1 heterocycles. The number of aryl methyl sites for hydroxylation is 1. The van der Waals surface area contributed by atoms with E-state index in [1.54, 1.807) is 22.9 Å². The number of benzene rings is 2. The monoisotopic (exact) mass is 435 g/mol. The second-order valence-electron chi connectivity index (χ2n) is 7.04. The maximum atomic E-state index is 6.39. The van der Waals surface area contributed by atoms with Gasteiger partial charge in [0.05, 0.1) is 15.7 Å². The van der Waals surface area contributed by atoms with Crippen LogP contribution < -0.4 is 4.74 Å². The van der Waals surface area contributed by atoms with Gasteiger partial charge < -0.3 is 4.74 Å². The van der Waals surface area contributed by atoms with Gasteiger partial charge >= 0.3 is 0 Å². The molecule has 0 N–H and O–H groups in total. The number of aromatic nitrogens is 3. The average molecular weight is 436 g/mol. The molecule has 4 nitrogen and oxygen atoms in total. The molecule has 0 amide bonds. The highest BCUT2D eigenvalue weighted by atomic mass is 35.5. The maximum Gasteiger partial charge on any atom is 0.132 e. The topological polar surface area (TPSA) is 39.9 Å². The van der Waals surface area contributed by atoms with Crippen LogP contribution in [0.3, 0.4) is 0 Å². The second kappa shape index (κ2) is 8.76. The molecule has 0 radical (unpaired) electrons. The van der Waals surface area contributed by atoms with E-state index in [2.05, 4.69) is 50.6 Å². The van der Waals surface area contributed by atoms with Gasteiger partial charge in [0.15, 0.2) is 0 Å². The van der Waals surface area contributed by atoms with Gasteiger partial charge in [-0.2, -0.15) is 12.6 Å². The Morgan fingerprint density at radius 2 is 1.79 bits per heavy atom. The Morgan fingerprint density at radius 3 is 2.36 bits per heavy atom. The van der Waals surface area contributed by atoms with E-state index < -0.39 is 0 Å². The van der Waals surface area contributed by atoms with Crippen molar-refractivity contribution < 1.29 is 4.74 Å². The van der Waals surface area contributed by atoms with Crippen LogP contribution in [0.4, 0.5) is 0 Å². The highest BCUT2D eigenvalue weighted by Crippen LogP contribution is 2.31. The minimum atomic E-state index is 0.176. The molecule has 7 heteroatoms. The smallest absolute Gasteiger partial charge is 0.132 e. The summed E-state index contributed by atoms with van der Waals surface area (Å²) in [5, 5.41) is 9.85. The summed E-state index contributed by atoms with van der Waals surface area (Å²) in [7, 11) is 0. The number of hydrogen-bond acceptors (Lipinski definition) is 4. The van der Waals surface area contributed by atoms with Crippen molar-refractivity contribution in [2.24, 2.45) is 0 Å². The third kappa shape index (κ3) is 4.32. The van der Waals surface area contributed by atoms with Crippen molar-refractivity contribution in [1.29, 1.82) is 0 Å². The summed E-state index contributed by atoms with van der Waals surface area (Å²) in [6.07, 6.45) is 0. The van der Waals surface area contributed by atoms with Crippen LogP contribution in [0.5, 0.6) is 5.75 Å². The molecule has 0 fully saturated rings. The van der Waals surface area contributed by atoms with Crippen molar-refractivity contribution in [3.63, 3.8) is 0 Å². The highest BCUT2D eigenvalue weighted by molar-refractivity contribution is 7.80. The number of hydrogen-bond donors (Lipinski definition) is 1. The minimum absolute atomic E-state index is 0.176. The fraction of sp³-hybridized carbons (Fsp3) is 0.333. The Labute approximate surface area is 181 Å². The molecule has 3 rings (SSSR count). The van der Waals surface area contributed by atoms with Crippen molar-refractivity contribution in [1.82, 2.24) is 15.0 Å². The van der Waals surface area contributed by atoms with Gasteiger partial charge in [-0.05, 0) is 55.2 Å². The quantitative estimate of drug-likeness (QED) is 0.444. The first-order valence-corrected chi connectivity index (χ1v) is 10.4. The molecule has 0 saturated heterocycles. The van der Waals surface area contributed by atoms with Crippen LogP contribution in [0, 0.1) is 6.92 Å². The van der Waals surface area contributed by atoms with Crippen LogP contribution in [0.1, 0.15) is 54.5 Å². The SMILES string of the molecule is Cc1cc(OCc2c(C(C)C)nnn2-c2c(Cl)cccc2Cl)ccc1C(C)S. The lowest BCUT2D eigenvalue weighted by Crippen LogP contribution is -2.09. The molecule has 0 bridgehead atoms. The molecule has 1 unspecified atom stereocenters. The zero-order valence-corrected chi connectivity index (χ0v) is 18.7. The van der Waals surface area contributed by atoms with E-state index in [1.165, 1.54) is 5.56 Å². The predicted octanol–water partition coefficient (Wildman–Crippen LogP) is 6.58. The Kier molecular flexibility index (Phi) is 6.58. The first-order chi connectivity index (χ1) is 13.3. The standard InChI is InChI=1S/C21H23Cl2N3OS/c1-12(2)20-19(11-27-15-8-9-16(14(4)28)13(3)10-15)26(25-24-20)21-17(22)6-5-7-18(21)23/h5-10,12,14,28H,11H2,1-4H3. The van der Waals surface area contributed by atoms with E-state index in [-0.39, 0.29) is 11.2 Å². The van der Waals surface area contributed by atoms with Crippen LogP contribution in [0.25, 0.3) is 5.69 Å². The zero-order chi connectivity index (χ0) is 20.4. The second-order valence-corrected chi connectivity index (χ2v) is 8.63. The third-order valence-corrected chi connectivity index (χ3v) is 5.44. The lowest BCUT2D eigenvalue weighted by molar-refractivity contribution is 0.295. The van der Waals surface area contributed by atoms with Gasteiger partial charge in [-0.1, -0.05) is 54.4 Å². The summed E-state index contributed by atoms with van der Waals surface area (Å²) in [5.41, 5.74) is 4.62. The van der Waals surface area contributed by atoms with E-state index in [4.69, 9.17) is 27.9 Å². The molecule has 0 saturated carbocycles. The number of ether oxygens (including phenoxy) is 1. The van der Waals surface area contributed by atoms with Crippen molar-refractivity contribution in [3.8, 4) is 11.4 Å². The fourth-order valence-corrected chi connectivity index (χ4v) is 3.97. The summed E-state index contributed by atoms with van der Waals surface area (Å²) in [5.74, 6) is 0.964. The lowest BCUT2D eigenvalue weighted by Gasteiger charge is -2.15. The Bertz CT molecular complexity index is 966. The summed E-state index contributed by atoms with van der Waals surface area (Å²) in [6, 6.07) is 11.4. The third-order valence-electron chi connectivity index (χ3n) is 4.56. The number of thiol groups is 1. The minimum Gasteiger partial charge on any atom is -0.487 e. The van der Waals surface area contributed by atoms with Gasteiger partial charge in [0.2, 0.25) is 0 Å². The molecular weight excluding hydrogens is 413 g/mol. The Balaban J connectivity index is 1.95. The van der Waals surface area contributed by atoms with Crippen LogP contribution in [-0.4, -0.2) is 15.0 Å². The van der Waals surface area contributed by atoms with Gasteiger partial charge in [-0.25, -0.2) is 4.68 Å². The van der Waals surface area contributed by atoms with E-state index in [0.717, 1.165) is 22.7 Å². The van der Waals surface area contributed by atoms with Crippen molar-refractivity contribution in [2.45, 2.75) is 45.5 Å². The Hall–Kier alpha value is -1.69. The Morgan fingerprint density at radius 1 is 1.11 bits per heavy atom. The van der Waals surface area contributed by atoms with E-state index >= 15 is 0 Å². The maximum absolute atomic E-state index is 6.39. The van der Waals surface area contributed by atoms with Gasteiger partial charge in [0, 0.05) is 5.25 Å². The molecule has 0 aliphatic heterocycles. The molecule has 1 atom stereocenters. The number of para-hydroxylation sites is 1. The predicted molar refractivity (Wildman–Crippen MR) is 118 cm³/mol. The molecule has 3 aromatic rings. The fourth-order valence-electron chi connectivity index (χ4n) is 3.13. The van der Waals surface area contributed by atoms with Crippen LogP contribution in [0.15, 0.2) is 36.4 Å². The highest BCUT2D eigenvalue weighted by Gasteiger charge is 2.21. The molecule has 0 aliphatic carbocycles. The van der Waals surface area contributed by atoms with Gasteiger partial charge in [-0.3, -0.25) is 0 Å². The van der Waals surface area contributed by atoms with Crippen molar-refractivity contribution in [2.75, 3.05) is 0 Å². The largest absolute Gasteiger partial charge is 0.487 e. The summed E-state index contributed by atoms with van der Waals surface area (Å²) in [6.45, 7) is 8.55. The zero-order valence-electron chi connectivity index (χ0n) is 16.3. The first kappa shape index (κ1) is 21.0. The first-order valence-electron chi connectivity index (χ1n) is 9.09. The van der Waals surface area contributed by atoms with Crippen LogP contribution in [0.2, 0.25) is 10.0 Å². The molecule has 0 aliphatic rings. The molecule has 148 valence electrons. The number of halogens is 2.